The highest BCUT2D eigenvalue weighted by atomic mass is 16.5. The fourth-order valence-corrected chi connectivity index (χ4v) is 3.28. The van der Waals surface area contributed by atoms with E-state index in [0.717, 1.165) is 43.1 Å². The number of urea groups is 1. The van der Waals surface area contributed by atoms with Gasteiger partial charge in [-0.25, -0.2) is 4.79 Å². The first-order chi connectivity index (χ1) is 13.6. The van der Waals surface area contributed by atoms with Crippen molar-refractivity contribution in [2.24, 2.45) is 0 Å². The minimum atomic E-state index is -0.0179. The van der Waals surface area contributed by atoms with Gasteiger partial charge in [-0.2, -0.15) is 0 Å². The van der Waals surface area contributed by atoms with Gasteiger partial charge in [0.25, 0.3) is 0 Å². The lowest BCUT2D eigenvalue weighted by atomic mass is 10.1. The minimum Gasteiger partial charge on any atom is -0.493 e. The predicted molar refractivity (Wildman–Crippen MR) is 105 cm³/mol. The van der Waals surface area contributed by atoms with Crippen LogP contribution in [0.15, 0.2) is 28.8 Å². The molecule has 0 spiro atoms. The van der Waals surface area contributed by atoms with E-state index in [2.05, 4.69) is 15.4 Å². The monoisotopic (exact) mass is 388 g/mol. The molecule has 0 saturated carbocycles. The maximum absolute atomic E-state index is 12.4. The van der Waals surface area contributed by atoms with Gasteiger partial charge in [0.15, 0.2) is 17.3 Å². The van der Waals surface area contributed by atoms with Crippen molar-refractivity contribution in [3.05, 3.63) is 41.3 Å². The summed E-state index contributed by atoms with van der Waals surface area (Å²) in [7, 11) is 3.23. The van der Waals surface area contributed by atoms with Crippen molar-refractivity contribution in [3.63, 3.8) is 0 Å². The molecule has 0 aliphatic carbocycles. The summed E-state index contributed by atoms with van der Waals surface area (Å²) in [5, 5.41) is 6.92. The van der Waals surface area contributed by atoms with E-state index >= 15 is 0 Å². The Morgan fingerprint density at radius 1 is 1.14 bits per heavy atom. The Balaban J connectivity index is 1.40. The third kappa shape index (κ3) is 5.16. The summed E-state index contributed by atoms with van der Waals surface area (Å²) in [5.74, 6) is 2.27. The zero-order valence-electron chi connectivity index (χ0n) is 16.7. The second kappa shape index (κ2) is 9.45. The van der Waals surface area contributed by atoms with Crippen LogP contribution in [0.3, 0.4) is 0 Å². The number of nitrogens with zero attached hydrogens (tertiary/aromatic N) is 3. The van der Waals surface area contributed by atoms with Crippen molar-refractivity contribution in [1.29, 1.82) is 0 Å². The summed E-state index contributed by atoms with van der Waals surface area (Å²) in [4.78, 5) is 16.5. The normalized spacial score (nSPS) is 14.8. The van der Waals surface area contributed by atoms with Gasteiger partial charge in [-0.1, -0.05) is 11.2 Å². The van der Waals surface area contributed by atoms with Crippen molar-refractivity contribution in [1.82, 2.24) is 20.3 Å². The third-order valence-corrected chi connectivity index (χ3v) is 4.85. The quantitative estimate of drug-likeness (QED) is 0.782. The van der Waals surface area contributed by atoms with E-state index in [1.165, 1.54) is 0 Å². The Kier molecular flexibility index (Phi) is 6.76. The van der Waals surface area contributed by atoms with E-state index in [1.54, 1.807) is 14.2 Å². The molecule has 2 heterocycles. The zero-order chi connectivity index (χ0) is 19.9. The van der Waals surface area contributed by atoms with Gasteiger partial charge in [-0.3, -0.25) is 4.90 Å². The molecule has 2 amide bonds. The zero-order valence-corrected chi connectivity index (χ0v) is 16.7. The van der Waals surface area contributed by atoms with Crippen LogP contribution in [-0.4, -0.2) is 67.9 Å². The average Bonchev–Trinajstić information content (AvgIpc) is 3.12. The van der Waals surface area contributed by atoms with Crippen LogP contribution < -0.4 is 14.8 Å². The fourth-order valence-electron chi connectivity index (χ4n) is 3.28. The van der Waals surface area contributed by atoms with E-state index in [4.69, 9.17) is 14.0 Å². The number of piperazine rings is 1. The number of benzene rings is 1. The van der Waals surface area contributed by atoms with Crippen LogP contribution in [0.5, 0.6) is 11.5 Å². The predicted octanol–water partition coefficient (Wildman–Crippen LogP) is 2.07. The number of rotatable bonds is 7. The van der Waals surface area contributed by atoms with Gasteiger partial charge < -0.3 is 24.2 Å². The second-order valence-electron chi connectivity index (χ2n) is 6.87. The molecule has 1 saturated heterocycles. The maximum atomic E-state index is 12.4. The molecule has 0 atom stereocenters. The lowest BCUT2D eigenvalue weighted by molar-refractivity contribution is 0.128. The van der Waals surface area contributed by atoms with Crippen LogP contribution in [0, 0.1) is 6.92 Å². The largest absolute Gasteiger partial charge is 0.493 e. The Morgan fingerprint density at radius 2 is 1.89 bits per heavy atom. The molecule has 1 aromatic carbocycles. The lowest BCUT2D eigenvalue weighted by Gasteiger charge is -2.34. The molecule has 3 rings (SSSR count). The molecule has 8 heteroatoms. The van der Waals surface area contributed by atoms with Gasteiger partial charge in [-0.15, -0.1) is 0 Å². The molecule has 152 valence electrons. The summed E-state index contributed by atoms with van der Waals surface area (Å²) in [6, 6.07) is 7.74. The molecule has 0 radical (unpaired) electrons. The van der Waals surface area contributed by atoms with Crippen molar-refractivity contribution >= 4 is 6.03 Å². The number of aromatic nitrogens is 1. The Hall–Kier alpha value is -2.74. The standard InChI is InChI=1S/C20H28N4O4/c1-15-12-17(28-22-15)14-23-8-10-24(11-9-23)20(25)21-7-6-16-4-5-18(26-2)19(13-16)27-3/h4-5,12-13H,6-11,14H2,1-3H3,(H,21,25). The van der Waals surface area contributed by atoms with Gasteiger partial charge in [-0.05, 0) is 31.0 Å². The third-order valence-electron chi connectivity index (χ3n) is 4.85. The van der Waals surface area contributed by atoms with Crippen LogP contribution >= 0.6 is 0 Å². The summed E-state index contributed by atoms with van der Waals surface area (Å²) < 4.78 is 15.8. The van der Waals surface area contributed by atoms with E-state index in [9.17, 15) is 4.79 Å². The number of ether oxygens (including phenoxy) is 2. The van der Waals surface area contributed by atoms with Crippen molar-refractivity contribution in [2.45, 2.75) is 19.9 Å². The Bertz CT molecular complexity index is 784. The highest BCUT2D eigenvalue weighted by Gasteiger charge is 2.21. The van der Waals surface area contributed by atoms with Crippen LogP contribution in [0.4, 0.5) is 4.79 Å². The van der Waals surface area contributed by atoms with E-state index < -0.39 is 0 Å². The summed E-state index contributed by atoms with van der Waals surface area (Å²) in [6.45, 7) is 6.27. The summed E-state index contributed by atoms with van der Waals surface area (Å²) in [6.07, 6.45) is 0.733. The average molecular weight is 388 g/mol. The van der Waals surface area contributed by atoms with Gasteiger partial charge in [0.1, 0.15) is 0 Å². The van der Waals surface area contributed by atoms with Crippen molar-refractivity contribution < 1.29 is 18.8 Å². The highest BCUT2D eigenvalue weighted by Crippen LogP contribution is 2.27. The first-order valence-electron chi connectivity index (χ1n) is 9.47. The molecule has 0 unspecified atom stereocenters. The van der Waals surface area contributed by atoms with Crippen LogP contribution in [0.1, 0.15) is 17.0 Å². The molecular formula is C20H28N4O4. The lowest BCUT2D eigenvalue weighted by Crippen LogP contribution is -2.51. The first kappa shape index (κ1) is 20.0. The van der Waals surface area contributed by atoms with Crippen molar-refractivity contribution in [3.8, 4) is 11.5 Å². The first-order valence-corrected chi connectivity index (χ1v) is 9.47. The topological polar surface area (TPSA) is 80.1 Å². The molecule has 2 aromatic rings. The number of carbonyl (C=O) groups excluding carboxylic acids is 1. The molecule has 1 aliphatic rings. The smallest absolute Gasteiger partial charge is 0.317 e. The molecule has 1 aliphatic heterocycles. The SMILES string of the molecule is COc1ccc(CCNC(=O)N2CCN(Cc3cc(C)no3)CC2)cc1OC. The van der Waals surface area contributed by atoms with Gasteiger partial charge >= 0.3 is 6.03 Å². The molecule has 0 bridgehead atoms. The number of carbonyl (C=O) groups is 1. The Labute approximate surface area is 165 Å². The minimum absolute atomic E-state index is 0.0179. The number of nitrogens with one attached hydrogen (secondary N) is 1. The van der Waals surface area contributed by atoms with Gasteiger partial charge in [0.2, 0.25) is 0 Å². The summed E-state index contributed by atoms with van der Waals surface area (Å²) in [5.41, 5.74) is 1.98. The van der Waals surface area contributed by atoms with E-state index in [0.29, 0.717) is 31.1 Å². The summed E-state index contributed by atoms with van der Waals surface area (Å²) >= 11 is 0. The van der Waals surface area contributed by atoms with Crippen molar-refractivity contribution in [2.75, 3.05) is 46.9 Å². The number of hydrogen-bond donors (Lipinski definition) is 1. The second-order valence-corrected chi connectivity index (χ2v) is 6.87. The molecule has 1 aromatic heterocycles. The fraction of sp³-hybridized carbons (Fsp3) is 0.500. The van der Waals surface area contributed by atoms with Crippen LogP contribution in [0.25, 0.3) is 0 Å². The van der Waals surface area contributed by atoms with Crippen LogP contribution in [-0.2, 0) is 13.0 Å². The highest BCUT2D eigenvalue weighted by molar-refractivity contribution is 5.74. The molecule has 1 N–H and O–H groups in total. The van der Waals surface area contributed by atoms with E-state index in [1.807, 2.05) is 36.1 Å². The number of amides is 2. The number of aryl methyl sites for hydroxylation is 1. The van der Waals surface area contributed by atoms with Gasteiger partial charge in [0.05, 0.1) is 26.5 Å². The Morgan fingerprint density at radius 3 is 2.54 bits per heavy atom. The molecule has 8 nitrogen and oxygen atoms in total. The maximum Gasteiger partial charge on any atom is 0.317 e. The molecular weight excluding hydrogens is 360 g/mol. The molecule has 1 fully saturated rings. The molecule has 28 heavy (non-hydrogen) atoms. The van der Waals surface area contributed by atoms with E-state index in [-0.39, 0.29) is 6.03 Å². The number of hydrogen-bond acceptors (Lipinski definition) is 6. The van der Waals surface area contributed by atoms with Gasteiger partial charge in [0, 0.05) is 38.8 Å². The van der Waals surface area contributed by atoms with Crippen LogP contribution in [0.2, 0.25) is 0 Å². The number of methoxy groups -OCH3 is 2.